The molecule has 0 aliphatic carbocycles. The quantitative estimate of drug-likeness (QED) is 0.758. The van der Waals surface area contributed by atoms with Crippen LogP contribution in [0.3, 0.4) is 0 Å². The van der Waals surface area contributed by atoms with Crippen molar-refractivity contribution in [2.75, 3.05) is 13.8 Å². The second kappa shape index (κ2) is 5.30. The number of ether oxygens (including phenoxy) is 2. The summed E-state index contributed by atoms with van der Waals surface area (Å²) in [6, 6.07) is 6.47. The minimum absolute atomic E-state index is 0.141. The maximum atomic E-state index is 13.2. The lowest BCUT2D eigenvalue weighted by molar-refractivity contribution is -0.161. The van der Waals surface area contributed by atoms with Gasteiger partial charge in [0.25, 0.3) is 5.91 Å². The molecule has 0 aromatic heterocycles. The number of hydrogen-bond acceptors (Lipinski definition) is 6. The van der Waals surface area contributed by atoms with Crippen LogP contribution >= 0.6 is 12.6 Å². The SMILES string of the molecule is CN1C(=O)C2C[C@@](C)(C#N)C(c3ccc4c(c3)OCO4)N2C(=O)C1(C)S. The molecule has 0 saturated carbocycles. The molecule has 4 rings (SSSR count). The van der Waals surface area contributed by atoms with Crippen LogP contribution in [-0.4, -0.2) is 46.4 Å². The van der Waals surface area contributed by atoms with Crippen molar-refractivity contribution >= 4 is 24.4 Å². The standard InChI is InChI=1S/C18H19N3O4S/c1-17(8-19)7-11-15(22)20(3)18(2,26)16(23)21(11)14(17)10-4-5-12-13(6-10)25-9-24-12/h4-6,11,14,26H,7,9H2,1-3H3/t11?,14?,17-,18?/m0/s1. The average molecular weight is 373 g/mol. The van der Waals surface area contributed by atoms with E-state index in [4.69, 9.17) is 9.47 Å². The molecule has 0 bridgehead atoms. The molecule has 3 aliphatic heterocycles. The van der Waals surface area contributed by atoms with Crippen molar-refractivity contribution in [1.82, 2.24) is 9.80 Å². The molecule has 2 fully saturated rings. The van der Waals surface area contributed by atoms with E-state index in [1.54, 1.807) is 33.0 Å². The predicted molar refractivity (Wildman–Crippen MR) is 94.4 cm³/mol. The molecular weight excluding hydrogens is 354 g/mol. The summed E-state index contributed by atoms with van der Waals surface area (Å²) < 4.78 is 10.8. The summed E-state index contributed by atoms with van der Waals surface area (Å²) in [5.74, 6) is 0.718. The zero-order valence-electron chi connectivity index (χ0n) is 14.7. The smallest absolute Gasteiger partial charge is 0.259 e. The van der Waals surface area contributed by atoms with Gasteiger partial charge in [0.05, 0.1) is 17.5 Å². The number of fused-ring (bicyclic) bond motifs is 2. The topological polar surface area (TPSA) is 82.9 Å². The Morgan fingerprint density at radius 3 is 2.65 bits per heavy atom. The fourth-order valence-corrected chi connectivity index (χ4v) is 4.32. The number of carbonyl (C=O) groups is 2. The Bertz CT molecular complexity index is 864. The Kier molecular flexibility index (Phi) is 3.47. The molecule has 2 amide bonds. The number of hydrogen-bond donors (Lipinski definition) is 1. The third-order valence-electron chi connectivity index (χ3n) is 5.71. The zero-order valence-corrected chi connectivity index (χ0v) is 15.6. The van der Waals surface area contributed by atoms with E-state index in [1.165, 1.54) is 9.80 Å². The van der Waals surface area contributed by atoms with Gasteiger partial charge in [0.1, 0.15) is 6.04 Å². The molecule has 2 saturated heterocycles. The number of amides is 2. The fourth-order valence-electron chi connectivity index (χ4n) is 4.11. The van der Waals surface area contributed by atoms with Crippen molar-refractivity contribution < 1.29 is 19.1 Å². The number of likely N-dealkylation sites (N-methyl/N-ethyl adjacent to an activating group) is 1. The van der Waals surface area contributed by atoms with E-state index in [1.807, 2.05) is 6.07 Å². The van der Waals surface area contributed by atoms with Gasteiger partial charge in [-0.05, 0) is 38.0 Å². The van der Waals surface area contributed by atoms with Crippen LogP contribution in [0.1, 0.15) is 31.9 Å². The van der Waals surface area contributed by atoms with Crippen LogP contribution in [0.4, 0.5) is 0 Å². The predicted octanol–water partition coefficient (Wildman–Crippen LogP) is 1.71. The van der Waals surface area contributed by atoms with E-state index < -0.39 is 22.4 Å². The van der Waals surface area contributed by atoms with Crippen molar-refractivity contribution in [3.8, 4) is 17.6 Å². The normalized spacial score (nSPS) is 35.5. The number of nitrogens with zero attached hydrogens (tertiary/aromatic N) is 3. The number of piperazine rings is 1. The minimum atomic E-state index is -1.26. The van der Waals surface area contributed by atoms with Crippen LogP contribution in [0.2, 0.25) is 0 Å². The van der Waals surface area contributed by atoms with E-state index in [9.17, 15) is 14.9 Å². The zero-order chi connectivity index (χ0) is 18.9. The molecule has 1 aromatic rings. The first-order valence-corrected chi connectivity index (χ1v) is 8.79. The first-order chi connectivity index (χ1) is 12.2. The van der Waals surface area contributed by atoms with Crippen LogP contribution in [0, 0.1) is 16.7 Å². The van der Waals surface area contributed by atoms with Gasteiger partial charge in [0.2, 0.25) is 12.7 Å². The van der Waals surface area contributed by atoms with Crippen molar-refractivity contribution in [1.29, 1.82) is 5.26 Å². The fraction of sp³-hybridized carbons (Fsp3) is 0.500. The number of rotatable bonds is 1. The highest BCUT2D eigenvalue weighted by molar-refractivity contribution is 7.82. The Labute approximate surface area is 156 Å². The van der Waals surface area contributed by atoms with E-state index in [2.05, 4.69) is 18.7 Å². The Hall–Kier alpha value is -2.40. The van der Waals surface area contributed by atoms with Gasteiger partial charge in [0, 0.05) is 7.05 Å². The first kappa shape index (κ1) is 17.0. The minimum Gasteiger partial charge on any atom is -0.454 e. The van der Waals surface area contributed by atoms with E-state index in [0.717, 1.165) is 5.56 Å². The Balaban J connectivity index is 1.85. The lowest BCUT2D eigenvalue weighted by Crippen LogP contribution is -2.65. The van der Waals surface area contributed by atoms with Crippen LogP contribution in [0.15, 0.2) is 18.2 Å². The van der Waals surface area contributed by atoms with Crippen molar-refractivity contribution in [2.45, 2.75) is 37.2 Å². The molecule has 8 heteroatoms. The molecule has 0 radical (unpaired) electrons. The van der Waals surface area contributed by atoms with Crippen molar-refractivity contribution in [3.05, 3.63) is 23.8 Å². The summed E-state index contributed by atoms with van der Waals surface area (Å²) >= 11 is 4.44. The molecule has 0 N–H and O–H groups in total. The maximum Gasteiger partial charge on any atom is 0.259 e. The third-order valence-corrected chi connectivity index (χ3v) is 6.20. The molecule has 3 heterocycles. The van der Waals surface area contributed by atoms with Crippen molar-refractivity contribution in [3.63, 3.8) is 0 Å². The summed E-state index contributed by atoms with van der Waals surface area (Å²) in [4.78, 5) is 27.7. The number of carbonyl (C=O) groups excluding carboxylic acids is 2. The second-order valence-corrected chi connectivity index (χ2v) is 8.27. The van der Waals surface area contributed by atoms with Gasteiger partial charge in [-0.2, -0.15) is 5.26 Å². The third kappa shape index (κ3) is 2.07. The van der Waals surface area contributed by atoms with Gasteiger partial charge < -0.3 is 19.3 Å². The molecule has 0 spiro atoms. The highest BCUT2D eigenvalue weighted by Gasteiger charge is 2.62. The maximum absolute atomic E-state index is 13.2. The highest BCUT2D eigenvalue weighted by atomic mass is 32.1. The van der Waals surface area contributed by atoms with Gasteiger partial charge in [0.15, 0.2) is 16.4 Å². The number of benzene rings is 1. The second-order valence-electron chi connectivity index (χ2n) is 7.39. The number of thiol groups is 1. The Morgan fingerprint density at radius 1 is 1.27 bits per heavy atom. The molecule has 136 valence electrons. The number of nitriles is 1. The monoisotopic (exact) mass is 373 g/mol. The first-order valence-electron chi connectivity index (χ1n) is 8.34. The van der Waals surface area contributed by atoms with Gasteiger partial charge >= 0.3 is 0 Å². The van der Waals surface area contributed by atoms with Crippen LogP contribution in [0.25, 0.3) is 0 Å². The van der Waals surface area contributed by atoms with Gasteiger partial charge in [-0.3, -0.25) is 9.59 Å². The molecule has 26 heavy (non-hydrogen) atoms. The molecule has 7 nitrogen and oxygen atoms in total. The highest BCUT2D eigenvalue weighted by Crippen LogP contribution is 2.54. The van der Waals surface area contributed by atoms with Crippen LogP contribution in [0.5, 0.6) is 11.5 Å². The van der Waals surface area contributed by atoms with E-state index in [0.29, 0.717) is 11.5 Å². The summed E-state index contributed by atoms with van der Waals surface area (Å²) in [7, 11) is 1.57. The summed E-state index contributed by atoms with van der Waals surface area (Å²) in [5, 5.41) is 9.88. The lowest BCUT2D eigenvalue weighted by Gasteiger charge is -2.46. The van der Waals surface area contributed by atoms with Gasteiger partial charge in [-0.1, -0.05) is 6.07 Å². The molecule has 1 aromatic carbocycles. The molecule has 3 aliphatic rings. The van der Waals surface area contributed by atoms with Crippen LogP contribution in [-0.2, 0) is 9.59 Å². The lowest BCUT2D eigenvalue weighted by atomic mass is 9.79. The average Bonchev–Trinajstić information content (AvgIpc) is 3.20. The van der Waals surface area contributed by atoms with E-state index >= 15 is 0 Å². The summed E-state index contributed by atoms with van der Waals surface area (Å²) in [6.07, 6.45) is 0.279. The summed E-state index contributed by atoms with van der Waals surface area (Å²) in [5.41, 5.74) is -0.158. The Morgan fingerprint density at radius 2 is 1.96 bits per heavy atom. The van der Waals surface area contributed by atoms with Gasteiger partial charge in [-0.25, -0.2) is 0 Å². The molecule has 3 unspecified atom stereocenters. The largest absolute Gasteiger partial charge is 0.454 e. The van der Waals surface area contributed by atoms with E-state index in [-0.39, 0.29) is 25.0 Å². The van der Waals surface area contributed by atoms with Crippen LogP contribution < -0.4 is 9.47 Å². The summed E-state index contributed by atoms with van der Waals surface area (Å²) in [6.45, 7) is 3.53. The molecule has 4 atom stereocenters. The van der Waals surface area contributed by atoms with Crippen molar-refractivity contribution in [2.24, 2.45) is 5.41 Å². The molecular formula is C18H19N3O4S. The van der Waals surface area contributed by atoms with Gasteiger partial charge in [-0.15, -0.1) is 12.6 Å².